The molecule has 0 aromatic heterocycles. The van der Waals surface area contributed by atoms with E-state index in [0.717, 1.165) is 10.8 Å². The summed E-state index contributed by atoms with van der Waals surface area (Å²) in [4.78, 5) is 0. The summed E-state index contributed by atoms with van der Waals surface area (Å²) in [6, 6.07) is 8.42. The molecule has 1 nitrogen and oxygen atoms in total. The van der Waals surface area contributed by atoms with Gasteiger partial charge >= 0.3 is 0 Å². The molecule has 0 aliphatic carbocycles. The maximum absolute atomic E-state index is 13.2. The molecular formula is C12H8FN. The Labute approximate surface area is 81.3 Å². The van der Waals surface area contributed by atoms with Crippen LogP contribution in [0.3, 0.4) is 0 Å². The van der Waals surface area contributed by atoms with E-state index < -0.39 is 5.82 Å². The Hall–Kier alpha value is -2.01. The molecule has 0 heterocycles. The van der Waals surface area contributed by atoms with E-state index in [1.54, 1.807) is 12.1 Å². The van der Waals surface area contributed by atoms with Gasteiger partial charge in [-0.2, -0.15) is 0 Å². The number of benzene rings is 2. The van der Waals surface area contributed by atoms with Crippen molar-refractivity contribution < 1.29 is 4.39 Å². The quantitative estimate of drug-likeness (QED) is 0.495. The molecule has 0 fully saturated rings. The normalized spacial score (nSPS) is 10.0. The van der Waals surface area contributed by atoms with E-state index in [2.05, 4.69) is 5.92 Å². The molecule has 2 rings (SSSR count). The van der Waals surface area contributed by atoms with E-state index in [1.807, 2.05) is 12.1 Å². The molecule has 0 amide bonds. The first kappa shape index (κ1) is 8.58. The van der Waals surface area contributed by atoms with Crippen molar-refractivity contribution in [1.29, 1.82) is 0 Å². The molecule has 0 saturated heterocycles. The number of anilines is 1. The summed E-state index contributed by atoms with van der Waals surface area (Å²) in [5.41, 5.74) is 6.28. The molecule has 14 heavy (non-hydrogen) atoms. The van der Waals surface area contributed by atoms with Crippen LogP contribution in [0.25, 0.3) is 10.8 Å². The minimum atomic E-state index is -0.430. The third-order valence-electron chi connectivity index (χ3n) is 2.15. The number of fused-ring (bicyclic) bond motifs is 1. The largest absolute Gasteiger partial charge is 0.396 e. The van der Waals surface area contributed by atoms with Crippen molar-refractivity contribution >= 4 is 16.5 Å². The van der Waals surface area contributed by atoms with Crippen LogP contribution < -0.4 is 5.73 Å². The summed E-state index contributed by atoms with van der Waals surface area (Å²) < 4.78 is 13.2. The summed E-state index contributed by atoms with van der Waals surface area (Å²) in [6.07, 6.45) is 5.30. The van der Waals surface area contributed by atoms with Crippen molar-refractivity contribution in [3.8, 4) is 12.3 Å². The number of hydrogen-bond acceptors (Lipinski definition) is 1. The van der Waals surface area contributed by atoms with Gasteiger partial charge in [0.1, 0.15) is 5.82 Å². The fourth-order valence-electron chi connectivity index (χ4n) is 1.44. The fourth-order valence-corrected chi connectivity index (χ4v) is 1.44. The van der Waals surface area contributed by atoms with Gasteiger partial charge in [0.2, 0.25) is 0 Å². The predicted molar refractivity (Wildman–Crippen MR) is 56.3 cm³/mol. The van der Waals surface area contributed by atoms with Gasteiger partial charge in [-0.1, -0.05) is 18.1 Å². The summed E-state index contributed by atoms with van der Waals surface area (Å²) in [7, 11) is 0. The third kappa shape index (κ3) is 1.20. The summed E-state index contributed by atoms with van der Waals surface area (Å²) >= 11 is 0. The van der Waals surface area contributed by atoms with Crippen LogP contribution in [0.4, 0.5) is 10.1 Å². The minimum Gasteiger partial charge on any atom is -0.396 e. The van der Waals surface area contributed by atoms with Crippen molar-refractivity contribution in [2.45, 2.75) is 0 Å². The lowest BCUT2D eigenvalue weighted by molar-refractivity contribution is 0.634. The molecule has 2 aromatic rings. The Morgan fingerprint density at radius 2 is 2.07 bits per heavy atom. The van der Waals surface area contributed by atoms with Crippen molar-refractivity contribution in [3.63, 3.8) is 0 Å². The monoisotopic (exact) mass is 185 g/mol. The van der Waals surface area contributed by atoms with Crippen molar-refractivity contribution in [1.82, 2.24) is 0 Å². The summed E-state index contributed by atoms with van der Waals surface area (Å²) in [5.74, 6) is 2.08. The number of nitrogen functional groups attached to an aromatic ring is 1. The Kier molecular flexibility index (Phi) is 1.86. The lowest BCUT2D eigenvalue weighted by Gasteiger charge is -2.03. The van der Waals surface area contributed by atoms with Crippen LogP contribution in [0, 0.1) is 18.2 Å². The van der Waals surface area contributed by atoms with E-state index in [4.69, 9.17) is 12.2 Å². The maximum atomic E-state index is 13.2. The highest BCUT2D eigenvalue weighted by molar-refractivity contribution is 5.90. The first-order valence-corrected chi connectivity index (χ1v) is 4.17. The maximum Gasteiger partial charge on any atom is 0.146 e. The van der Waals surface area contributed by atoms with Crippen molar-refractivity contribution in [2.75, 3.05) is 5.73 Å². The molecule has 0 bridgehead atoms. The number of nitrogens with two attached hydrogens (primary N) is 1. The molecule has 0 saturated carbocycles. The second kappa shape index (κ2) is 3.04. The lowest BCUT2D eigenvalue weighted by Crippen LogP contribution is -1.91. The van der Waals surface area contributed by atoms with Gasteiger partial charge in [0.25, 0.3) is 0 Å². The van der Waals surface area contributed by atoms with Gasteiger partial charge in [-0.3, -0.25) is 0 Å². The first-order valence-electron chi connectivity index (χ1n) is 4.17. The minimum absolute atomic E-state index is 0.145. The number of rotatable bonds is 0. The van der Waals surface area contributed by atoms with E-state index in [-0.39, 0.29) is 5.69 Å². The SMILES string of the molecule is C#Cc1cccc2cc(N)c(F)cc12. The van der Waals surface area contributed by atoms with Crippen LogP contribution in [0.15, 0.2) is 30.3 Å². The standard InChI is InChI=1S/C12H8FN/c1-2-8-4-3-5-9-6-12(14)11(13)7-10(8)9/h1,3-7H,14H2. The topological polar surface area (TPSA) is 26.0 Å². The van der Waals surface area contributed by atoms with Crippen LogP contribution in [-0.4, -0.2) is 0 Å². The number of hydrogen-bond donors (Lipinski definition) is 1. The fraction of sp³-hybridized carbons (Fsp3) is 0. The Balaban J connectivity index is 2.90. The van der Waals surface area contributed by atoms with Gasteiger partial charge in [0.05, 0.1) is 5.69 Å². The zero-order valence-corrected chi connectivity index (χ0v) is 7.42. The van der Waals surface area contributed by atoms with Crippen molar-refractivity contribution in [2.24, 2.45) is 0 Å². The average Bonchev–Trinajstić information content (AvgIpc) is 2.19. The Morgan fingerprint density at radius 3 is 2.79 bits per heavy atom. The summed E-state index contributed by atoms with van der Waals surface area (Å²) in [6.45, 7) is 0. The van der Waals surface area contributed by atoms with Crippen LogP contribution in [0.5, 0.6) is 0 Å². The highest BCUT2D eigenvalue weighted by atomic mass is 19.1. The van der Waals surface area contributed by atoms with E-state index in [1.165, 1.54) is 6.07 Å². The molecule has 0 aliphatic heterocycles. The highest BCUT2D eigenvalue weighted by Crippen LogP contribution is 2.23. The number of halogens is 1. The van der Waals surface area contributed by atoms with E-state index >= 15 is 0 Å². The second-order valence-corrected chi connectivity index (χ2v) is 3.04. The Morgan fingerprint density at radius 1 is 1.29 bits per heavy atom. The molecule has 2 heteroatoms. The van der Waals surface area contributed by atoms with E-state index in [9.17, 15) is 4.39 Å². The predicted octanol–water partition coefficient (Wildman–Crippen LogP) is 2.54. The molecule has 0 spiro atoms. The molecule has 68 valence electrons. The van der Waals surface area contributed by atoms with E-state index in [0.29, 0.717) is 5.56 Å². The van der Waals surface area contributed by atoms with Gasteiger partial charge in [-0.15, -0.1) is 6.42 Å². The zero-order chi connectivity index (χ0) is 10.1. The van der Waals surface area contributed by atoms with Crippen LogP contribution >= 0.6 is 0 Å². The lowest BCUT2D eigenvalue weighted by atomic mass is 10.0. The van der Waals surface area contributed by atoms with Gasteiger partial charge < -0.3 is 5.73 Å². The average molecular weight is 185 g/mol. The molecule has 0 unspecified atom stereocenters. The molecule has 2 N–H and O–H groups in total. The smallest absolute Gasteiger partial charge is 0.146 e. The van der Waals surface area contributed by atoms with Gasteiger partial charge in [-0.25, -0.2) is 4.39 Å². The summed E-state index contributed by atoms with van der Waals surface area (Å²) in [5, 5.41) is 1.58. The van der Waals surface area contributed by atoms with Crippen LogP contribution in [0.2, 0.25) is 0 Å². The molecule has 2 aromatic carbocycles. The first-order chi connectivity index (χ1) is 6.72. The van der Waals surface area contributed by atoms with Gasteiger partial charge in [0.15, 0.2) is 0 Å². The molecule has 0 aliphatic rings. The number of terminal acetylenes is 1. The van der Waals surface area contributed by atoms with Crippen molar-refractivity contribution in [3.05, 3.63) is 41.7 Å². The third-order valence-corrected chi connectivity index (χ3v) is 2.15. The molecule has 0 atom stereocenters. The molecular weight excluding hydrogens is 177 g/mol. The van der Waals surface area contributed by atoms with Gasteiger partial charge in [-0.05, 0) is 23.6 Å². The molecule has 0 radical (unpaired) electrons. The van der Waals surface area contributed by atoms with Gasteiger partial charge in [0, 0.05) is 10.9 Å². The zero-order valence-electron chi connectivity index (χ0n) is 7.42. The highest BCUT2D eigenvalue weighted by Gasteiger charge is 2.03. The van der Waals surface area contributed by atoms with Crippen LogP contribution in [-0.2, 0) is 0 Å². The second-order valence-electron chi connectivity index (χ2n) is 3.04. The van der Waals surface area contributed by atoms with Crippen LogP contribution in [0.1, 0.15) is 5.56 Å². The Bertz CT molecular complexity index is 538.